The van der Waals surface area contributed by atoms with Crippen LogP contribution in [0.4, 0.5) is 5.69 Å². The Morgan fingerprint density at radius 2 is 1.97 bits per heavy atom. The average molecular weight is 464 g/mol. The van der Waals surface area contributed by atoms with Crippen molar-refractivity contribution in [3.05, 3.63) is 80.7 Å². The molecule has 1 aliphatic rings. The first-order valence-corrected chi connectivity index (χ1v) is 10.6. The summed E-state index contributed by atoms with van der Waals surface area (Å²) in [6.07, 6.45) is 0. The van der Waals surface area contributed by atoms with Gasteiger partial charge < -0.3 is 19.5 Å². The molecule has 5 rings (SSSR count). The molecule has 0 saturated carbocycles. The number of anilines is 1. The fourth-order valence-electron chi connectivity index (χ4n) is 3.21. The zero-order chi connectivity index (χ0) is 22.9. The van der Waals surface area contributed by atoms with Crippen molar-refractivity contribution in [2.24, 2.45) is 0 Å². The summed E-state index contributed by atoms with van der Waals surface area (Å²) in [5, 5.41) is 7.52. The van der Waals surface area contributed by atoms with E-state index in [-0.39, 0.29) is 30.4 Å². The zero-order valence-electron chi connectivity index (χ0n) is 17.2. The van der Waals surface area contributed by atoms with Gasteiger partial charge >= 0.3 is 5.97 Å². The van der Waals surface area contributed by atoms with Crippen molar-refractivity contribution in [3.63, 3.8) is 0 Å². The highest BCUT2D eigenvalue weighted by Gasteiger charge is 2.17. The van der Waals surface area contributed by atoms with Crippen molar-refractivity contribution in [2.75, 3.05) is 12.1 Å². The van der Waals surface area contributed by atoms with Gasteiger partial charge in [0, 0.05) is 17.3 Å². The Kier molecular flexibility index (Phi) is 5.23. The summed E-state index contributed by atoms with van der Waals surface area (Å²) in [4.78, 5) is 42.0. The first kappa shape index (κ1) is 20.6. The highest BCUT2D eigenvalue weighted by molar-refractivity contribution is 7.16. The Hall–Kier alpha value is -4.25. The van der Waals surface area contributed by atoms with Crippen LogP contribution >= 0.6 is 11.3 Å². The highest BCUT2D eigenvalue weighted by Crippen LogP contribution is 2.32. The number of nitrogens with zero attached hydrogens (tertiary/aromatic N) is 3. The third-order valence-corrected chi connectivity index (χ3v) is 5.57. The Morgan fingerprint density at radius 1 is 1.12 bits per heavy atom. The summed E-state index contributed by atoms with van der Waals surface area (Å²) < 4.78 is 17.1. The first-order valence-electron chi connectivity index (χ1n) is 9.81. The largest absolute Gasteiger partial charge is 0.456 e. The average Bonchev–Trinajstić information content (AvgIpc) is 3.43. The van der Waals surface area contributed by atoms with Crippen molar-refractivity contribution in [2.45, 2.75) is 13.5 Å². The molecule has 2 aromatic heterocycles. The maximum atomic E-state index is 12.6. The summed E-state index contributed by atoms with van der Waals surface area (Å²) in [6.45, 7) is 1.72. The molecule has 0 aliphatic carbocycles. The quantitative estimate of drug-likeness (QED) is 0.448. The van der Waals surface area contributed by atoms with Crippen LogP contribution in [-0.2, 0) is 11.3 Å². The molecule has 1 aliphatic heterocycles. The van der Waals surface area contributed by atoms with Gasteiger partial charge in [0.15, 0.2) is 11.5 Å². The van der Waals surface area contributed by atoms with Gasteiger partial charge in [0.05, 0.1) is 11.3 Å². The minimum atomic E-state index is -0.614. The van der Waals surface area contributed by atoms with E-state index in [1.54, 1.807) is 43.3 Å². The van der Waals surface area contributed by atoms with Crippen molar-refractivity contribution >= 4 is 33.9 Å². The molecule has 0 bridgehead atoms. The second kappa shape index (κ2) is 8.36. The van der Waals surface area contributed by atoms with Gasteiger partial charge in [-0.1, -0.05) is 17.4 Å². The molecule has 1 N–H and O–H groups in total. The van der Waals surface area contributed by atoms with Gasteiger partial charge in [-0.05, 0) is 43.3 Å². The molecular weight excluding hydrogens is 448 g/mol. The van der Waals surface area contributed by atoms with Gasteiger partial charge in [0.25, 0.3) is 11.5 Å². The number of fused-ring (bicyclic) bond motifs is 2. The summed E-state index contributed by atoms with van der Waals surface area (Å²) in [5.74, 6) is 0.103. The molecule has 3 heterocycles. The standard InChI is InChI=1S/C22H16N4O6S/c1-12-25-26-19(27)9-16(24-22(26)33-12)10-30-21(29)14-3-2-4-15(7-14)23-20(28)13-5-6-17-18(8-13)32-11-31-17/h2-9H,10-11H2,1H3,(H,23,28). The molecule has 0 saturated heterocycles. The normalized spacial score (nSPS) is 12.0. The van der Waals surface area contributed by atoms with E-state index < -0.39 is 5.97 Å². The van der Waals surface area contributed by atoms with Crippen molar-refractivity contribution in [3.8, 4) is 11.5 Å². The lowest BCUT2D eigenvalue weighted by atomic mass is 10.1. The van der Waals surface area contributed by atoms with Crippen molar-refractivity contribution in [1.29, 1.82) is 0 Å². The van der Waals surface area contributed by atoms with Gasteiger partial charge in [-0.15, -0.1) is 0 Å². The summed E-state index contributed by atoms with van der Waals surface area (Å²) in [5.41, 5.74) is 1.03. The van der Waals surface area contributed by atoms with E-state index >= 15 is 0 Å². The van der Waals surface area contributed by atoms with Gasteiger partial charge in [0.2, 0.25) is 11.8 Å². The second-order valence-electron chi connectivity index (χ2n) is 7.08. The number of ether oxygens (including phenoxy) is 3. The van der Waals surface area contributed by atoms with Crippen LogP contribution in [0.3, 0.4) is 0 Å². The number of aryl methyl sites for hydroxylation is 1. The second-order valence-corrected chi connectivity index (χ2v) is 8.24. The topological polar surface area (TPSA) is 121 Å². The molecule has 0 radical (unpaired) electrons. The van der Waals surface area contributed by atoms with Crippen LogP contribution in [-0.4, -0.2) is 33.3 Å². The molecule has 0 spiro atoms. The number of benzene rings is 2. The molecule has 0 atom stereocenters. The highest BCUT2D eigenvalue weighted by atomic mass is 32.1. The molecule has 2 aromatic carbocycles. The van der Waals surface area contributed by atoms with Crippen LogP contribution in [0.1, 0.15) is 31.4 Å². The predicted octanol–water partition coefficient (Wildman–Crippen LogP) is 2.80. The van der Waals surface area contributed by atoms with Crippen LogP contribution in [0.15, 0.2) is 53.3 Å². The van der Waals surface area contributed by atoms with Gasteiger partial charge in [0.1, 0.15) is 11.6 Å². The summed E-state index contributed by atoms with van der Waals surface area (Å²) >= 11 is 1.27. The van der Waals surface area contributed by atoms with Crippen molar-refractivity contribution in [1.82, 2.24) is 14.6 Å². The van der Waals surface area contributed by atoms with E-state index in [1.165, 1.54) is 28.0 Å². The van der Waals surface area contributed by atoms with E-state index in [0.29, 0.717) is 38.4 Å². The monoisotopic (exact) mass is 464 g/mol. The number of amides is 1. The molecular formula is C22H16N4O6S. The minimum absolute atomic E-state index is 0.118. The molecule has 10 nitrogen and oxygen atoms in total. The number of hydrogen-bond donors (Lipinski definition) is 1. The fraction of sp³-hybridized carbons (Fsp3) is 0.136. The number of hydrogen-bond acceptors (Lipinski definition) is 9. The van der Waals surface area contributed by atoms with Gasteiger partial charge in [-0.2, -0.15) is 9.61 Å². The Balaban J connectivity index is 1.26. The Bertz CT molecular complexity index is 1460. The lowest BCUT2D eigenvalue weighted by Crippen LogP contribution is -2.16. The number of rotatable bonds is 5. The molecule has 166 valence electrons. The minimum Gasteiger partial charge on any atom is -0.456 e. The van der Waals surface area contributed by atoms with E-state index in [4.69, 9.17) is 14.2 Å². The lowest BCUT2D eigenvalue weighted by Gasteiger charge is -2.08. The number of esters is 1. The molecule has 33 heavy (non-hydrogen) atoms. The molecule has 11 heteroatoms. The summed E-state index contributed by atoms with van der Waals surface area (Å²) in [6, 6.07) is 12.5. The SMILES string of the molecule is Cc1nn2c(=O)cc(COC(=O)c3cccc(NC(=O)c4ccc5c(c4)OCO5)c3)nc2s1. The maximum Gasteiger partial charge on any atom is 0.338 e. The van der Waals surface area contributed by atoms with Gasteiger partial charge in [-0.25, -0.2) is 9.78 Å². The van der Waals surface area contributed by atoms with Crippen LogP contribution < -0.4 is 20.3 Å². The van der Waals surface area contributed by atoms with Crippen LogP contribution in [0.2, 0.25) is 0 Å². The van der Waals surface area contributed by atoms with Gasteiger partial charge in [-0.3, -0.25) is 9.59 Å². The van der Waals surface area contributed by atoms with E-state index in [9.17, 15) is 14.4 Å². The van der Waals surface area contributed by atoms with E-state index in [2.05, 4.69) is 15.4 Å². The number of carbonyl (C=O) groups excluding carboxylic acids is 2. The van der Waals surface area contributed by atoms with Crippen LogP contribution in [0.5, 0.6) is 11.5 Å². The predicted molar refractivity (Wildman–Crippen MR) is 118 cm³/mol. The first-order chi connectivity index (χ1) is 16.0. The number of aromatic nitrogens is 3. The third kappa shape index (κ3) is 4.26. The van der Waals surface area contributed by atoms with Crippen molar-refractivity contribution < 1.29 is 23.8 Å². The van der Waals surface area contributed by atoms with Crippen LogP contribution in [0.25, 0.3) is 4.96 Å². The fourth-order valence-corrected chi connectivity index (χ4v) is 3.98. The van der Waals surface area contributed by atoms with Crippen LogP contribution in [0, 0.1) is 6.92 Å². The smallest absolute Gasteiger partial charge is 0.338 e. The molecule has 0 unspecified atom stereocenters. The third-order valence-electron chi connectivity index (χ3n) is 4.74. The lowest BCUT2D eigenvalue weighted by molar-refractivity contribution is 0.0467. The maximum absolute atomic E-state index is 12.6. The number of nitrogens with one attached hydrogen (secondary N) is 1. The molecule has 4 aromatic rings. The summed E-state index contributed by atoms with van der Waals surface area (Å²) in [7, 11) is 0. The van der Waals surface area contributed by atoms with E-state index in [0.717, 1.165) is 0 Å². The zero-order valence-corrected chi connectivity index (χ0v) is 18.0. The Labute approximate surface area is 190 Å². The Morgan fingerprint density at radius 3 is 2.85 bits per heavy atom. The molecule has 1 amide bonds. The molecule has 0 fully saturated rings. The van der Waals surface area contributed by atoms with E-state index in [1.807, 2.05) is 0 Å². The number of carbonyl (C=O) groups is 2.